The first-order valence-corrected chi connectivity index (χ1v) is 3.65. The molecule has 0 amide bonds. The summed E-state index contributed by atoms with van der Waals surface area (Å²) >= 11 is 0. The summed E-state index contributed by atoms with van der Waals surface area (Å²) in [6, 6.07) is 0. The Morgan fingerprint density at radius 1 is 1.50 bits per heavy atom. The molecule has 0 radical (unpaired) electrons. The van der Waals surface area contributed by atoms with E-state index in [-0.39, 0.29) is 18.1 Å². The van der Waals surface area contributed by atoms with Crippen molar-refractivity contribution in [1.82, 2.24) is 0 Å². The molecule has 0 aliphatic carbocycles. The van der Waals surface area contributed by atoms with Gasteiger partial charge >= 0.3 is 5.97 Å². The zero-order chi connectivity index (χ0) is 7.14. The monoisotopic (exact) mass is 142 g/mol. The van der Waals surface area contributed by atoms with E-state index in [4.69, 9.17) is 9.84 Å². The summed E-state index contributed by atoms with van der Waals surface area (Å²) in [6.45, 7) is 0. The first-order chi connectivity index (χ1) is 4.77. The molecule has 2 heterocycles. The molecular weight excluding hydrogens is 132 g/mol. The highest BCUT2D eigenvalue weighted by molar-refractivity contribution is 5.71. The van der Waals surface area contributed by atoms with Crippen LogP contribution in [-0.2, 0) is 9.53 Å². The molecule has 0 spiro atoms. The fourth-order valence-corrected chi connectivity index (χ4v) is 1.90. The molecule has 0 aromatic carbocycles. The van der Waals surface area contributed by atoms with E-state index in [1.54, 1.807) is 0 Å². The van der Waals surface area contributed by atoms with Gasteiger partial charge in [-0.05, 0) is 19.3 Å². The average molecular weight is 142 g/mol. The molecule has 3 heteroatoms. The van der Waals surface area contributed by atoms with E-state index >= 15 is 0 Å². The molecule has 10 heavy (non-hydrogen) atoms. The number of carboxylic acid groups (broad SMARTS) is 1. The van der Waals surface area contributed by atoms with E-state index in [1.807, 2.05) is 0 Å². The molecule has 0 aromatic heterocycles. The van der Waals surface area contributed by atoms with Crippen molar-refractivity contribution in [2.75, 3.05) is 0 Å². The molecule has 2 rings (SSSR count). The van der Waals surface area contributed by atoms with E-state index in [2.05, 4.69) is 0 Å². The van der Waals surface area contributed by atoms with Crippen LogP contribution in [0.1, 0.15) is 19.3 Å². The highest BCUT2D eigenvalue weighted by Crippen LogP contribution is 2.38. The minimum absolute atomic E-state index is 0.0301. The van der Waals surface area contributed by atoms with E-state index in [0.29, 0.717) is 0 Å². The third kappa shape index (κ3) is 0.736. The number of carbonyl (C=O) groups is 1. The molecule has 2 unspecified atom stereocenters. The van der Waals surface area contributed by atoms with Crippen molar-refractivity contribution in [2.24, 2.45) is 5.92 Å². The van der Waals surface area contributed by atoms with Gasteiger partial charge in [-0.25, -0.2) is 0 Å². The second-order valence-corrected chi connectivity index (χ2v) is 3.05. The van der Waals surface area contributed by atoms with Crippen LogP contribution in [0.5, 0.6) is 0 Å². The summed E-state index contributed by atoms with van der Waals surface area (Å²) in [4.78, 5) is 10.5. The molecule has 2 fully saturated rings. The van der Waals surface area contributed by atoms with E-state index < -0.39 is 5.97 Å². The Morgan fingerprint density at radius 2 is 2.30 bits per heavy atom. The molecule has 2 bridgehead atoms. The minimum atomic E-state index is -0.688. The number of carboxylic acids is 1. The van der Waals surface area contributed by atoms with Gasteiger partial charge in [0.05, 0.1) is 18.1 Å². The van der Waals surface area contributed by atoms with Gasteiger partial charge in [-0.1, -0.05) is 0 Å². The zero-order valence-electron chi connectivity index (χ0n) is 5.62. The quantitative estimate of drug-likeness (QED) is 0.584. The lowest BCUT2D eigenvalue weighted by Gasteiger charge is -2.12. The largest absolute Gasteiger partial charge is 0.481 e. The van der Waals surface area contributed by atoms with Gasteiger partial charge in [-0.3, -0.25) is 4.79 Å². The van der Waals surface area contributed by atoms with Crippen molar-refractivity contribution in [2.45, 2.75) is 31.5 Å². The van der Waals surface area contributed by atoms with Crippen molar-refractivity contribution >= 4 is 5.97 Å². The van der Waals surface area contributed by atoms with Crippen LogP contribution in [0.3, 0.4) is 0 Å². The second kappa shape index (κ2) is 1.95. The Morgan fingerprint density at radius 3 is 2.60 bits per heavy atom. The number of rotatable bonds is 1. The lowest BCUT2D eigenvalue weighted by Crippen LogP contribution is -2.24. The van der Waals surface area contributed by atoms with Crippen molar-refractivity contribution in [3.63, 3.8) is 0 Å². The van der Waals surface area contributed by atoms with Gasteiger partial charge in [0.2, 0.25) is 0 Å². The number of hydrogen-bond acceptors (Lipinski definition) is 2. The van der Waals surface area contributed by atoms with Gasteiger partial charge < -0.3 is 9.84 Å². The van der Waals surface area contributed by atoms with Crippen molar-refractivity contribution < 1.29 is 14.6 Å². The minimum Gasteiger partial charge on any atom is -0.481 e. The van der Waals surface area contributed by atoms with Crippen molar-refractivity contribution in [3.8, 4) is 0 Å². The summed E-state index contributed by atoms with van der Waals surface area (Å²) in [5, 5.41) is 8.66. The van der Waals surface area contributed by atoms with Crippen LogP contribution in [0.2, 0.25) is 0 Å². The Kier molecular flexibility index (Phi) is 1.20. The highest BCUT2D eigenvalue weighted by atomic mass is 16.5. The van der Waals surface area contributed by atoms with E-state index in [1.165, 1.54) is 0 Å². The topological polar surface area (TPSA) is 46.5 Å². The fourth-order valence-electron chi connectivity index (χ4n) is 1.90. The Bertz CT molecular complexity index is 166. The maximum Gasteiger partial charge on any atom is 0.309 e. The summed E-state index contributed by atoms with van der Waals surface area (Å²) in [5.41, 5.74) is 0. The maximum absolute atomic E-state index is 10.5. The summed E-state index contributed by atoms with van der Waals surface area (Å²) in [7, 11) is 0. The van der Waals surface area contributed by atoms with Gasteiger partial charge in [-0.15, -0.1) is 0 Å². The Hall–Kier alpha value is -0.570. The molecule has 1 N–H and O–H groups in total. The van der Waals surface area contributed by atoms with Crippen molar-refractivity contribution in [1.29, 1.82) is 0 Å². The predicted octanol–water partition coefficient (Wildman–Crippen LogP) is 0.639. The molecule has 3 atom stereocenters. The summed E-state index contributed by atoms with van der Waals surface area (Å²) in [6.07, 6.45) is 3.03. The van der Waals surface area contributed by atoms with E-state index in [0.717, 1.165) is 19.3 Å². The molecule has 0 saturated carbocycles. The highest BCUT2D eigenvalue weighted by Gasteiger charge is 2.44. The van der Waals surface area contributed by atoms with Gasteiger partial charge in [0.1, 0.15) is 0 Å². The van der Waals surface area contributed by atoms with Crippen LogP contribution in [0.15, 0.2) is 0 Å². The van der Waals surface area contributed by atoms with Crippen LogP contribution < -0.4 is 0 Å². The molecule has 2 aliphatic rings. The smallest absolute Gasteiger partial charge is 0.309 e. The van der Waals surface area contributed by atoms with Crippen LogP contribution in [-0.4, -0.2) is 23.3 Å². The molecule has 56 valence electrons. The number of ether oxygens (including phenoxy) is 1. The van der Waals surface area contributed by atoms with Gasteiger partial charge in [0.15, 0.2) is 0 Å². The predicted molar refractivity (Wildman–Crippen MR) is 33.6 cm³/mol. The van der Waals surface area contributed by atoms with Crippen LogP contribution >= 0.6 is 0 Å². The molecule has 3 nitrogen and oxygen atoms in total. The summed E-state index contributed by atoms with van der Waals surface area (Å²) < 4.78 is 5.37. The fraction of sp³-hybridized carbons (Fsp3) is 0.857. The number of aliphatic carboxylic acids is 1. The maximum atomic E-state index is 10.5. The summed E-state index contributed by atoms with van der Waals surface area (Å²) in [5.74, 6) is -0.897. The number of fused-ring (bicyclic) bond motifs is 2. The standard InChI is InChI=1S/C7H10O3/c8-7(9)5-3-4-1-2-6(5)10-4/h4-6H,1-3H2,(H,8,9)/t4?,5-,6?/m0/s1. The first kappa shape index (κ1) is 6.16. The SMILES string of the molecule is O=C(O)[C@H]1CC2CCC1O2. The van der Waals surface area contributed by atoms with Gasteiger partial charge in [0, 0.05) is 0 Å². The van der Waals surface area contributed by atoms with Gasteiger partial charge in [0.25, 0.3) is 0 Å². The lowest BCUT2D eigenvalue weighted by atomic mass is 9.89. The first-order valence-electron chi connectivity index (χ1n) is 3.65. The van der Waals surface area contributed by atoms with Crippen LogP contribution in [0, 0.1) is 5.92 Å². The van der Waals surface area contributed by atoms with Gasteiger partial charge in [-0.2, -0.15) is 0 Å². The lowest BCUT2D eigenvalue weighted by molar-refractivity contribution is -0.143. The number of hydrogen-bond donors (Lipinski definition) is 1. The molecule has 2 saturated heterocycles. The zero-order valence-corrected chi connectivity index (χ0v) is 5.62. The Balaban J connectivity index is 2.08. The third-order valence-corrected chi connectivity index (χ3v) is 2.42. The third-order valence-electron chi connectivity index (χ3n) is 2.42. The molecule has 0 aromatic rings. The van der Waals surface area contributed by atoms with Crippen LogP contribution in [0.4, 0.5) is 0 Å². The normalized spacial score (nSPS) is 44.2. The van der Waals surface area contributed by atoms with Crippen LogP contribution in [0.25, 0.3) is 0 Å². The van der Waals surface area contributed by atoms with E-state index in [9.17, 15) is 4.79 Å². The molecule has 2 aliphatic heterocycles. The second-order valence-electron chi connectivity index (χ2n) is 3.05. The average Bonchev–Trinajstić information content (AvgIpc) is 2.44. The van der Waals surface area contributed by atoms with Crippen molar-refractivity contribution in [3.05, 3.63) is 0 Å². The molecular formula is C7H10O3. The Labute approximate surface area is 59.0 Å².